The van der Waals surface area contributed by atoms with Crippen LogP contribution in [0.3, 0.4) is 0 Å². The summed E-state index contributed by atoms with van der Waals surface area (Å²) < 4.78 is 19.2. The number of nitrogens with two attached hydrogens (primary N) is 1. The van der Waals surface area contributed by atoms with Crippen LogP contribution in [-0.2, 0) is 6.61 Å². The molecular formula is C15H16FN3O. The Kier molecular flexibility index (Phi) is 3.26. The minimum atomic E-state index is -0.283. The van der Waals surface area contributed by atoms with E-state index >= 15 is 0 Å². The second kappa shape index (κ2) is 5.07. The minimum Gasteiger partial charge on any atom is -0.472 e. The summed E-state index contributed by atoms with van der Waals surface area (Å²) in [4.78, 5) is 8.68. The maximum Gasteiger partial charge on any atom is 0.222 e. The highest BCUT2D eigenvalue weighted by atomic mass is 19.1. The monoisotopic (exact) mass is 273 g/mol. The van der Waals surface area contributed by atoms with Gasteiger partial charge in [-0.25, -0.2) is 9.37 Å². The molecule has 0 radical (unpaired) electrons. The number of nitrogen functional groups attached to an aromatic ring is 1. The van der Waals surface area contributed by atoms with E-state index in [4.69, 9.17) is 10.5 Å². The van der Waals surface area contributed by atoms with E-state index in [2.05, 4.69) is 9.97 Å². The summed E-state index contributed by atoms with van der Waals surface area (Å²) in [5, 5.41) is 0. The van der Waals surface area contributed by atoms with Crippen LogP contribution < -0.4 is 10.5 Å². The Balaban J connectivity index is 1.81. The van der Waals surface area contributed by atoms with Gasteiger partial charge in [0.25, 0.3) is 0 Å². The van der Waals surface area contributed by atoms with Crippen LogP contribution in [0, 0.1) is 12.7 Å². The zero-order chi connectivity index (χ0) is 14.1. The van der Waals surface area contributed by atoms with Crippen molar-refractivity contribution in [2.24, 2.45) is 0 Å². The molecule has 104 valence electrons. The van der Waals surface area contributed by atoms with E-state index in [0.717, 1.165) is 18.7 Å². The van der Waals surface area contributed by atoms with E-state index in [-0.39, 0.29) is 12.4 Å². The number of anilines is 1. The third kappa shape index (κ3) is 2.57. The van der Waals surface area contributed by atoms with Crippen LogP contribution in [0.2, 0.25) is 0 Å². The van der Waals surface area contributed by atoms with Gasteiger partial charge in [0.1, 0.15) is 24.1 Å². The number of rotatable bonds is 4. The Labute approximate surface area is 116 Å². The topological polar surface area (TPSA) is 61.0 Å². The fourth-order valence-electron chi connectivity index (χ4n) is 1.96. The lowest BCUT2D eigenvalue weighted by Crippen LogP contribution is -2.07. The summed E-state index contributed by atoms with van der Waals surface area (Å²) in [6, 6.07) is 6.53. The first-order valence-electron chi connectivity index (χ1n) is 6.65. The van der Waals surface area contributed by atoms with Crippen LogP contribution in [0.15, 0.2) is 24.3 Å². The van der Waals surface area contributed by atoms with Crippen LogP contribution in [-0.4, -0.2) is 9.97 Å². The van der Waals surface area contributed by atoms with E-state index in [1.165, 1.54) is 6.07 Å². The Morgan fingerprint density at radius 2 is 2.05 bits per heavy atom. The van der Waals surface area contributed by atoms with E-state index in [1.807, 2.05) is 6.92 Å². The van der Waals surface area contributed by atoms with Crippen LogP contribution in [0.25, 0.3) is 0 Å². The first-order chi connectivity index (χ1) is 9.65. The predicted octanol–water partition coefficient (Wildman–Crippen LogP) is 2.96. The first-order valence-corrected chi connectivity index (χ1v) is 6.65. The second-order valence-corrected chi connectivity index (χ2v) is 5.05. The Bertz CT molecular complexity index is 641. The average molecular weight is 273 g/mol. The third-order valence-corrected chi connectivity index (χ3v) is 3.42. The van der Waals surface area contributed by atoms with Crippen molar-refractivity contribution >= 4 is 5.82 Å². The number of hydrogen-bond donors (Lipinski definition) is 1. The fourth-order valence-corrected chi connectivity index (χ4v) is 1.96. The molecule has 0 amide bonds. The molecule has 1 aliphatic rings. The number of nitrogens with zero attached hydrogens (tertiary/aromatic N) is 2. The van der Waals surface area contributed by atoms with Gasteiger partial charge in [0.05, 0.1) is 5.56 Å². The van der Waals surface area contributed by atoms with Crippen LogP contribution in [0.4, 0.5) is 10.2 Å². The van der Waals surface area contributed by atoms with Gasteiger partial charge in [-0.3, -0.25) is 0 Å². The molecule has 5 heteroatoms. The maximum atomic E-state index is 13.6. The van der Waals surface area contributed by atoms with Crippen molar-refractivity contribution in [3.05, 3.63) is 47.0 Å². The van der Waals surface area contributed by atoms with E-state index in [1.54, 1.807) is 18.2 Å². The summed E-state index contributed by atoms with van der Waals surface area (Å²) in [5.74, 6) is 1.73. The average Bonchev–Trinajstić information content (AvgIpc) is 3.26. The zero-order valence-corrected chi connectivity index (χ0v) is 11.3. The fraction of sp³-hybridized carbons (Fsp3) is 0.333. The van der Waals surface area contributed by atoms with Gasteiger partial charge < -0.3 is 10.5 Å². The molecule has 1 saturated carbocycles. The second-order valence-electron chi connectivity index (χ2n) is 5.05. The number of ether oxygens (including phenoxy) is 1. The van der Waals surface area contributed by atoms with E-state index in [0.29, 0.717) is 28.7 Å². The summed E-state index contributed by atoms with van der Waals surface area (Å²) >= 11 is 0. The highest BCUT2D eigenvalue weighted by molar-refractivity contribution is 5.45. The van der Waals surface area contributed by atoms with Gasteiger partial charge in [0.2, 0.25) is 5.88 Å². The zero-order valence-electron chi connectivity index (χ0n) is 11.3. The smallest absolute Gasteiger partial charge is 0.222 e. The molecule has 0 bridgehead atoms. The van der Waals surface area contributed by atoms with Crippen molar-refractivity contribution in [3.63, 3.8) is 0 Å². The molecule has 1 aromatic carbocycles. The van der Waals surface area contributed by atoms with E-state index in [9.17, 15) is 4.39 Å². The van der Waals surface area contributed by atoms with Gasteiger partial charge in [-0.15, -0.1) is 0 Å². The Hall–Kier alpha value is -2.17. The standard InChI is InChI=1S/C15H16FN3O/c1-9-13(17)18-14(10-6-7-10)19-15(9)20-8-11-4-2-3-5-12(11)16/h2-5,10H,6-8H2,1H3,(H2,17,18,19). The molecule has 4 nitrogen and oxygen atoms in total. The molecule has 0 atom stereocenters. The number of hydrogen-bond acceptors (Lipinski definition) is 4. The van der Waals surface area contributed by atoms with Crippen LogP contribution in [0.1, 0.15) is 35.7 Å². The van der Waals surface area contributed by atoms with Gasteiger partial charge in [-0.05, 0) is 25.8 Å². The summed E-state index contributed by atoms with van der Waals surface area (Å²) in [7, 11) is 0. The van der Waals surface area contributed by atoms with Crippen molar-refractivity contribution in [2.45, 2.75) is 32.3 Å². The summed E-state index contributed by atoms with van der Waals surface area (Å²) in [6.45, 7) is 1.94. The van der Waals surface area contributed by atoms with E-state index < -0.39 is 0 Å². The lowest BCUT2D eigenvalue weighted by Gasteiger charge is -2.11. The molecule has 20 heavy (non-hydrogen) atoms. The molecule has 0 aliphatic heterocycles. The van der Waals surface area contributed by atoms with Gasteiger partial charge in [0.15, 0.2) is 0 Å². The van der Waals surface area contributed by atoms with Crippen LogP contribution in [0.5, 0.6) is 5.88 Å². The lowest BCUT2D eigenvalue weighted by molar-refractivity contribution is 0.284. The predicted molar refractivity (Wildman–Crippen MR) is 73.9 cm³/mol. The Morgan fingerprint density at radius 1 is 1.30 bits per heavy atom. The van der Waals surface area contributed by atoms with Gasteiger partial charge >= 0.3 is 0 Å². The third-order valence-electron chi connectivity index (χ3n) is 3.42. The molecule has 1 aliphatic carbocycles. The minimum absolute atomic E-state index is 0.133. The van der Waals surface area contributed by atoms with Gasteiger partial charge in [0, 0.05) is 11.5 Å². The first kappa shape index (κ1) is 12.8. The molecule has 0 saturated heterocycles. The van der Waals surface area contributed by atoms with Crippen molar-refractivity contribution in [1.29, 1.82) is 0 Å². The van der Waals surface area contributed by atoms with Gasteiger partial charge in [-0.1, -0.05) is 18.2 Å². The molecule has 0 spiro atoms. The van der Waals surface area contributed by atoms with Crippen LogP contribution >= 0.6 is 0 Å². The Morgan fingerprint density at radius 3 is 2.75 bits per heavy atom. The molecule has 1 aromatic heterocycles. The van der Waals surface area contributed by atoms with Crippen molar-refractivity contribution in [2.75, 3.05) is 5.73 Å². The highest BCUT2D eigenvalue weighted by Crippen LogP contribution is 2.39. The molecule has 3 rings (SSSR count). The van der Waals surface area contributed by atoms with Crippen molar-refractivity contribution < 1.29 is 9.13 Å². The quantitative estimate of drug-likeness (QED) is 0.930. The molecule has 0 unspecified atom stereocenters. The summed E-state index contributed by atoms with van der Waals surface area (Å²) in [5.41, 5.74) is 7.08. The van der Waals surface area contributed by atoms with Crippen molar-refractivity contribution in [3.8, 4) is 5.88 Å². The molecule has 1 heterocycles. The molecule has 1 fully saturated rings. The molecule has 2 aromatic rings. The number of benzene rings is 1. The molecular weight excluding hydrogens is 257 g/mol. The SMILES string of the molecule is Cc1c(N)nc(C2CC2)nc1OCc1ccccc1F. The van der Waals surface area contributed by atoms with Gasteiger partial charge in [-0.2, -0.15) is 4.98 Å². The molecule has 2 N–H and O–H groups in total. The largest absolute Gasteiger partial charge is 0.472 e. The lowest BCUT2D eigenvalue weighted by atomic mass is 10.2. The maximum absolute atomic E-state index is 13.6. The summed E-state index contributed by atoms with van der Waals surface area (Å²) in [6.07, 6.45) is 2.19. The highest BCUT2D eigenvalue weighted by Gasteiger charge is 2.28. The van der Waals surface area contributed by atoms with Crippen molar-refractivity contribution in [1.82, 2.24) is 9.97 Å². The normalized spacial score (nSPS) is 14.3. The number of halogens is 1. The number of aromatic nitrogens is 2.